The Balaban J connectivity index is 1.45. The molecule has 1 N–H and O–H groups in total. The van der Waals surface area contributed by atoms with Crippen LogP contribution in [0.3, 0.4) is 0 Å². The van der Waals surface area contributed by atoms with Gasteiger partial charge >= 0.3 is 0 Å². The lowest BCUT2D eigenvalue weighted by Crippen LogP contribution is -2.32. The number of hydrogen-bond donors (Lipinski definition) is 1. The fourth-order valence-electron chi connectivity index (χ4n) is 4.34. The number of benzene rings is 2. The Labute approximate surface area is 185 Å². The summed E-state index contributed by atoms with van der Waals surface area (Å²) in [6, 6.07) is 14.2. The number of nitrogens with one attached hydrogen (secondary N) is 1. The van der Waals surface area contributed by atoms with Crippen LogP contribution in [-0.4, -0.2) is 44.8 Å². The lowest BCUT2D eigenvalue weighted by Gasteiger charge is -2.28. The SMILES string of the molecule is O=C(Nc1ccc(N2CCCCC2)cc1)c1cccc(S(=O)(=O)N2CCCCCC2)c1. The molecule has 31 heavy (non-hydrogen) atoms. The number of amides is 1. The van der Waals surface area contributed by atoms with E-state index in [4.69, 9.17) is 0 Å². The van der Waals surface area contributed by atoms with Crippen LogP contribution in [0.2, 0.25) is 0 Å². The van der Waals surface area contributed by atoms with E-state index in [0.717, 1.165) is 38.8 Å². The van der Waals surface area contributed by atoms with E-state index in [-0.39, 0.29) is 10.8 Å². The largest absolute Gasteiger partial charge is 0.372 e. The highest BCUT2D eigenvalue weighted by atomic mass is 32.2. The van der Waals surface area contributed by atoms with E-state index in [0.29, 0.717) is 24.3 Å². The van der Waals surface area contributed by atoms with Crippen LogP contribution in [-0.2, 0) is 10.0 Å². The van der Waals surface area contributed by atoms with Crippen LogP contribution in [0.5, 0.6) is 0 Å². The predicted octanol–water partition coefficient (Wildman–Crippen LogP) is 4.49. The first kappa shape index (κ1) is 21.8. The molecule has 7 heteroatoms. The lowest BCUT2D eigenvalue weighted by atomic mass is 10.1. The van der Waals surface area contributed by atoms with Crippen LogP contribution in [0.15, 0.2) is 53.4 Å². The normalized spacial score (nSPS) is 18.4. The van der Waals surface area contributed by atoms with E-state index < -0.39 is 10.0 Å². The van der Waals surface area contributed by atoms with Gasteiger partial charge in [0.1, 0.15) is 0 Å². The Morgan fingerprint density at radius 1 is 0.774 bits per heavy atom. The second-order valence-electron chi connectivity index (χ2n) is 8.39. The molecule has 0 unspecified atom stereocenters. The van der Waals surface area contributed by atoms with Gasteiger partial charge in [-0.2, -0.15) is 4.31 Å². The molecule has 0 bridgehead atoms. The topological polar surface area (TPSA) is 69.7 Å². The summed E-state index contributed by atoms with van der Waals surface area (Å²) in [6.07, 6.45) is 7.61. The Kier molecular flexibility index (Phi) is 6.92. The second-order valence-corrected chi connectivity index (χ2v) is 10.3. The quantitative estimate of drug-likeness (QED) is 0.742. The van der Waals surface area contributed by atoms with Crippen LogP contribution in [0.25, 0.3) is 0 Å². The molecule has 0 spiro atoms. The van der Waals surface area contributed by atoms with Crippen molar-refractivity contribution in [1.82, 2.24) is 4.31 Å². The van der Waals surface area contributed by atoms with Gasteiger partial charge in [-0.1, -0.05) is 18.9 Å². The van der Waals surface area contributed by atoms with E-state index in [1.807, 2.05) is 24.3 Å². The van der Waals surface area contributed by atoms with Crippen LogP contribution in [0.1, 0.15) is 55.3 Å². The summed E-state index contributed by atoms with van der Waals surface area (Å²) in [5.74, 6) is -0.307. The van der Waals surface area contributed by atoms with Crippen molar-refractivity contribution in [2.24, 2.45) is 0 Å². The van der Waals surface area contributed by atoms with E-state index in [1.54, 1.807) is 22.5 Å². The maximum atomic E-state index is 13.1. The molecule has 0 saturated carbocycles. The Morgan fingerprint density at radius 3 is 2.06 bits per heavy atom. The van der Waals surface area contributed by atoms with Gasteiger partial charge in [0.15, 0.2) is 0 Å². The Hall–Kier alpha value is -2.38. The van der Waals surface area contributed by atoms with Gasteiger partial charge in [-0.25, -0.2) is 8.42 Å². The number of anilines is 2. The fourth-order valence-corrected chi connectivity index (χ4v) is 5.90. The van der Waals surface area contributed by atoms with Gasteiger partial charge in [0, 0.05) is 43.1 Å². The summed E-state index contributed by atoms with van der Waals surface area (Å²) in [7, 11) is -3.58. The van der Waals surface area contributed by atoms with Crippen LogP contribution in [0, 0.1) is 0 Å². The standard InChI is InChI=1S/C24H31N3O3S/c28-24(25-21-11-13-22(14-12-21)26-15-4-3-5-16-26)20-9-8-10-23(19-20)31(29,30)27-17-6-1-2-7-18-27/h8-14,19H,1-7,15-18H2,(H,25,28). The maximum Gasteiger partial charge on any atom is 0.255 e. The third-order valence-electron chi connectivity index (χ3n) is 6.15. The first-order chi connectivity index (χ1) is 15.0. The maximum absolute atomic E-state index is 13.1. The minimum Gasteiger partial charge on any atom is -0.372 e. The first-order valence-electron chi connectivity index (χ1n) is 11.3. The van der Waals surface area contributed by atoms with Crippen molar-refractivity contribution in [2.45, 2.75) is 49.8 Å². The Morgan fingerprint density at radius 2 is 1.39 bits per heavy atom. The first-order valence-corrected chi connectivity index (χ1v) is 12.7. The zero-order valence-corrected chi connectivity index (χ0v) is 18.7. The molecular formula is C24H31N3O3S. The highest BCUT2D eigenvalue weighted by Crippen LogP contribution is 2.24. The van der Waals surface area contributed by atoms with E-state index in [2.05, 4.69) is 10.2 Å². The highest BCUT2D eigenvalue weighted by molar-refractivity contribution is 7.89. The molecular weight excluding hydrogens is 410 g/mol. The van der Waals surface area contributed by atoms with Gasteiger partial charge in [-0.05, 0) is 74.6 Å². The predicted molar refractivity (Wildman–Crippen MR) is 124 cm³/mol. The third-order valence-corrected chi connectivity index (χ3v) is 8.04. The molecule has 2 aromatic carbocycles. The number of piperidine rings is 1. The summed E-state index contributed by atoms with van der Waals surface area (Å²) >= 11 is 0. The van der Waals surface area contributed by atoms with Crippen molar-refractivity contribution < 1.29 is 13.2 Å². The van der Waals surface area contributed by atoms with Gasteiger partial charge in [0.2, 0.25) is 10.0 Å². The number of nitrogens with zero attached hydrogens (tertiary/aromatic N) is 2. The molecule has 2 aromatic rings. The van der Waals surface area contributed by atoms with Crippen LogP contribution < -0.4 is 10.2 Å². The number of sulfonamides is 1. The molecule has 0 radical (unpaired) electrons. The summed E-state index contributed by atoms with van der Waals surface area (Å²) < 4.78 is 27.7. The number of carbonyl (C=O) groups is 1. The number of hydrogen-bond acceptors (Lipinski definition) is 4. The van der Waals surface area contributed by atoms with E-state index >= 15 is 0 Å². The molecule has 2 saturated heterocycles. The smallest absolute Gasteiger partial charge is 0.255 e. The van der Waals surface area contributed by atoms with Crippen LogP contribution >= 0.6 is 0 Å². The number of rotatable bonds is 5. The molecule has 0 aromatic heterocycles. The second kappa shape index (κ2) is 9.83. The highest BCUT2D eigenvalue weighted by Gasteiger charge is 2.25. The third kappa shape index (κ3) is 5.28. The molecule has 2 aliphatic rings. The van der Waals surface area contributed by atoms with Crippen LogP contribution in [0.4, 0.5) is 11.4 Å². The zero-order chi connectivity index (χ0) is 21.7. The minimum absolute atomic E-state index is 0.183. The fraction of sp³-hybridized carbons (Fsp3) is 0.458. The van der Waals surface area contributed by atoms with Gasteiger partial charge < -0.3 is 10.2 Å². The summed E-state index contributed by atoms with van der Waals surface area (Å²) in [6.45, 7) is 3.23. The summed E-state index contributed by atoms with van der Waals surface area (Å²) in [4.78, 5) is 15.3. The molecule has 0 aliphatic carbocycles. The van der Waals surface area contributed by atoms with Gasteiger partial charge in [-0.15, -0.1) is 0 Å². The minimum atomic E-state index is -3.58. The van der Waals surface area contributed by atoms with E-state index in [1.165, 1.54) is 31.0 Å². The van der Waals surface area contributed by atoms with Gasteiger partial charge in [-0.3, -0.25) is 4.79 Å². The molecule has 2 aliphatic heterocycles. The lowest BCUT2D eigenvalue weighted by molar-refractivity contribution is 0.102. The summed E-state index contributed by atoms with van der Waals surface area (Å²) in [5, 5.41) is 2.89. The average Bonchev–Trinajstić information content (AvgIpc) is 3.11. The molecule has 4 rings (SSSR count). The molecule has 2 fully saturated rings. The molecule has 1 amide bonds. The molecule has 166 valence electrons. The molecule has 2 heterocycles. The van der Waals surface area contributed by atoms with Gasteiger partial charge in [0.05, 0.1) is 4.90 Å². The van der Waals surface area contributed by atoms with Crippen molar-refractivity contribution in [1.29, 1.82) is 0 Å². The van der Waals surface area contributed by atoms with Crippen molar-refractivity contribution in [3.8, 4) is 0 Å². The summed E-state index contributed by atoms with van der Waals surface area (Å²) in [5.41, 5.74) is 2.21. The monoisotopic (exact) mass is 441 g/mol. The van der Waals surface area contributed by atoms with Crippen molar-refractivity contribution >= 4 is 27.3 Å². The number of carbonyl (C=O) groups excluding carboxylic acids is 1. The van der Waals surface area contributed by atoms with Gasteiger partial charge in [0.25, 0.3) is 5.91 Å². The van der Waals surface area contributed by atoms with Crippen molar-refractivity contribution in [3.63, 3.8) is 0 Å². The van der Waals surface area contributed by atoms with Crippen molar-refractivity contribution in [2.75, 3.05) is 36.4 Å². The van der Waals surface area contributed by atoms with Crippen molar-refractivity contribution in [3.05, 3.63) is 54.1 Å². The molecule has 6 nitrogen and oxygen atoms in total. The van der Waals surface area contributed by atoms with E-state index in [9.17, 15) is 13.2 Å². The average molecular weight is 442 g/mol. The Bertz CT molecular complexity index is 991. The zero-order valence-electron chi connectivity index (χ0n) is 17.9. The molecule has 0 atom stereocenters.